The first-order valence-corrected chi connectivity index (χ1v) is 4.31. The first-order valence-electron chi connectivity index (χ1n) is 4.31. The van der Waals surface area contributed by atoms with E-state index in [0.717, 1.165) is 12.8 Å². The van der Waals surface area contributed by atoms with Gasteiger partial charge in [-0.1, -0.05) is 6.92 Å². The number of amides is 1. The highest BCUT2D eigenvalue weighted by molar-refractivity contribution is 5.77. The van der Waals surface area contributed by atoms with Crippen LogP contribution >= 0.6 is 0 Å². The highest BCUT2D eigenvalue weighted by Crippen LogP contribution is 2.22. The van der Waals surface area contributed by atoms with Gasteiger partial charge in [0.1, 0.15) is 0 Å². The number of carbonyl (C=O) groups is 1. The molecule has 1 aliphatic heterocycles. The van der Waals surface area contributed by atoms with Crippen molar-refractivity contribution in [3.63, 3.8) is 0 Å². The van der Waals surface area contributed by atoms with Crippen molar-refractivity contribution in [2.75, 3.05) is 0 Å². The van der Waals surface area contributed by atoms with E-state index in [1.807, 2.05) is 0 Å². The fourth-order valence-corrected chi connectivity index (χ4v) is 1.52. The Morgan fingerprint density at radius 2 is 2.18 bits per heavy atom. The lowest BCUT2D eigenvalue weighted by Crippen LogP contribution is -2.41. The van der Waals surface area contributed by atoms with Crippen molar-refractivity contribution in [1.82, 2.24) is 5.32 Å². The van der Waals surface area contributed by atoms with Crippen molar-refractivity contribution >= 4 is 5.91 Å². The van der Waals surface area contributed by atoms with Gasteiger partial charge in [0.2, 0.25) is 5.91 Å². The van der Waals surface area contributed by atoms with E-state index < -0.39 is 0 Å². The summed E-state index contributed by atoms with van der Waals surface area (Å²) in [5.74, 6) is 0.761. The average Bonchev–Trinajstić information content (AvgIpc) is 1.90. The van der Waals surface area contributed by atoms with Crippen LogP contribution in [-0.2, 0) is 4.79 Å². The summed E-state index contributed by atoms with van der Waals surface area (Å²) in [6.45, 7) is 6.31. The summed E-state index contributed by atoms with van der Waals surface area (Å²) >= 11 is 0. The van der Waals surface area contributed by atoms with Crippen molar-refractivity contribution < 1.29 is 4.79 Å². The minimum atomic E-state index is 0.0157. The molecule has 0 aromatic rings. The zero-order chi connectivity index (χ0) is 8.48. The van der Waals surface area contributed by atoms with Gasteiger partial charge in [0.05, 0.1) is 0 Å². The Hall–Kier alpha value is -0.530. The molecule has 0 saturated carbocycles. The Balaban J connectivity index is 2.60. The van der Waals surface area contributed by atoms with Crippen LogP contribution in [0.2, 0.25) is 0 Å². The Bertz CT molecular complexity index is 163. The molecule has 0 radical (unpaired) electrons. The summed E-state index contributed by atoms with van der Waals surface area (Å²) < 4.78 is 0. The lowest BCUT2D eigenvalue weighted by Gasteiger charge is -2.23. The van der Waals surface area contributed by atoms with Crippen LogP contribution in [0.3, 0.4) is 0 Å². The minimum Gasteiger partial charge on any atom is -0.351 e. The molecule has 0 aromatic heterocycles. The molecule has 0 bridgehead atoms. The molecule has 2 nitrogen and oxygen atoms in total. The van der Waals surface area contributed by atoms with E-state index in [-0.39, 0.29) is 11.4 Å². The second kappa shape index (κ2) is 2.84. The molecule has 11 heavy (non-hydrogen) atoms. The zero-order valence-corrected chi connectivity index (χ0v) is 7.61. The molecule has 1 N–H and O–H groups in total. The van der Waals surface area contributed by atoms with Crippen LogP contribution in [0.5, 0.6) is 0 Å². The van der Waals surface area contributed by atoms with Crippen LogP contribution in [0.15, 0.2) is 0 Å². The van der Waals surface area contributed by atoms with Crippen LogP contribution in [0.1, 0.15) is 40.0 Å². The van der Waals surface area contributed by atoms with Crippen LogP contribution in [0, 0.1) is 5.92 Å². The van der Waals surface area contributed by atoms with E-state index in [2.05, 4.69) is 26.1 Å². The molecular formula is C9H17NO. The van der Waals surface area contributed by atoms with Crippen molar-refractivity contribution in [2.24, 2.45) is 5.92 Å². The average molecular weight is 155 g/mol. The molecule has 2 heteroatoms. The standard InChI is InChI=1S/C9H17NO/c1-7-4-5-9(2,3)10-8(11)6-7/h7H,4-6H2,1-3H3,(H,10,11). The van der Waals surface area contributed by atoms with E-state index in [1.165, 1.54) is 0 Å². The molecule has 1 fully saturated rings. The minimum absolute atomic E-state index is 0.0157. The predicted octanol–water partition coefficient (Wildman–Crippen LogP) is 1.70. The molecule has 1 heterocycles. The fourth-order valence-electron chi connectivity index (χ4n) is 1.52. The summed E-state index contributed by atoms with van der Waals surface area (Å²) in [6, 6.07) is 0. The lowest BCUT2D eigenvalue weighted by molar-refractivity contribution is -0.122. The predicted molar refractivity (Wildman–Crippen MR) is 45.2 cm³/mol. The van der Waals surface area contributed by atoms with Gasteiger partial charge in [-0.25, -0.2) is 0 Å². The van der Waals surface area contributed by atoms with Crippen molar-refractivity contribution in [3.8, 4) is 0 Å². The van der Waals surface area contributed by atoms with E-state index in [1.54, 1.807) is 0 Å². The van der Waals surface area contributed by atoms with Gasteiger partial charge in [0, 0.05) is 12.0 Å². The second-order valence-electron chi connectivity index (χ2n) is 4.28. The molecule has 0 aromatic carbocycles. The summed E-state index contributed by atoms with van der Waals surface area (Å²) in [4.78, 5) is 11.2. The van der Waals surface area contributed by atoms with E-state index >= 15 is 0 Å². The van der Waals surface area contributed by atoms with Gasteiger partial charge in [-0.15, -0.1) is 0 Å². The van der Waals surface area contributed by atoms with E-state index in [0.29, 0.717) is 12.3 Å². The highest BCUT2D eigenvalue weighted by Gasteiger charge is 2.25. The third-order valence-corrected chi connectivity index (χ3v) is 2.27. The van der Waals surface area contributed by atoms with Gasteiger partial charge >= 0.3 is 0 Å². The highest BCUT2D eigenvalue weighted by atomic mass is 16.1. The van der Waals surface area contributed by atoms with Gasteiger partial charge in [-0.3, -0.25) is 4.79 Å². The van der Waals surface area contributed by atoms with Crippen molar-refractivity contribution in [1.29, 1.82) is 0 Å². The quantitative estimate of drug-likeness (QED) is 0.567. The lowest BCUT2D eigenvalue weighted by atomic mass is 9.95. The molecule has 0 aliphatic carbocycles. The van der Waals surface area contributed by atoms with Crippen molar-refractivity contribution in [3.05, 3.63) is 0 Å². The van der Waals surface area contributed by atoms with Crippen LogP contribution < -0.4 is 5.32 Å². The Labute approximate surface area is 68.4 Å². The number of nitrogens with one attached hydrogen (secondary N) is 1. The van der Waals surface area contributed by atoms with Gasteiger partial charge in [-0.2, -0.15) is 0 Å². The molecule has 1 unspecified atom stereocenters. The SMILES string of the molecule is CC1CCC(C)(C)NC(=O)C1. The molecule has 1 aliphatic rings. The molecule has 64 valence electrons. The summed E-state index contributed by atoms with van der Waals surface area (Å²) in [6.07, 6.45) is 2.95. The van der Waals surface area contributed by atoms with Gasteiger partial charge in [0.15, 0.2) is 0 Å². The normalized spacial score (nSPS) is 30.8. The van der Waals surface area contributed by atoms with Crippen LogP contribution in [-0.4, -0.2) is 11.4 Å². The van der Waals surface area contributed by atoms with Gasteiger partial charge in [0.25, 0.3) is 0 Å². The number of hydrogen-bond acceptors (Lipinski definition) is 1. The molecule has 1 amide bonds. The van der Waals surface area contributed by atoms with Gasteiger partial charge < -0.3 is 5.32 Å². The molecule has 1 saturated heterocycles. The topological polar surface area (TPSA) is 29.1 Å². The molecular weight excluding hydrogens is 138 g/mol. The monoisotopic (exact) mass is 155 g/mol. The first kappa shape index (κ1) is 8.57. The Morgan fingerprint density at radius 3 is 2.82 bits per heavy atom. The largest absolute Gasteiger partial charge is 0.351 e. The Kier molecular flexibility index (Phi) is 2.21. The maximum absolute atomic E-state index is 11.2. The molecule has 0 spiro atoms. The summed E-state index contributed by atoms with van der Waals surface area (Å²) in [7, 11) is 0. The van der Waals surface area contributed by atoms with Crippen LogP contribution in [0.25, 0.3) is 0 Å². The number of hydrogen-bond donors (Lipinski definition) is 1. The van der Waals surface area contributed by atoms with Gasteiger partial charge in [-0.05, 0) is 32.6 Å². The smallest absolute Gasteiger partial charge is 0.220 e. The zero-order valence-electron chi connectivity index (χ0n) is 7.61. The maximum Gasteiger partial charge on any atom is 0.220 e. The summed E-state index contributed by atoms with van der Waals surface area (Å²) in [5, 5.41) is 3.01. The molecule has 1 rings (SSSR count). The van der Waals surface area contributed by atoms with E-state index in [4.69, 9.17) is 0 Å². The number of rotatable bonds is 0. The third-order valence-electron chi connectivity index (χ3n) is 2.27. The third kappa shape index (κ3) is 2.52. The molecule has 1 atom stereocenters. The fraction of sp³-hybridized carbons (Fsp3) is 0.889. The van der Waals surface area contributed by atoms with Crippen LogP contribution in [0.4, 0.5) is 0 Å². The Morgan fingerprint density at radius 1 is 1.55 bits per heavy atom. The summed E-state index contributed by atoms with van der Waals surface area (Å²) in [5.41, 5.74) is 0.0157. The second-order valence-corrected chi connectivity index (χ2v) is 4.28. The van der Waals surface area contributed by atoms with E-state index in [9.17, 15) is 4.79 Å². The number of carbonyl (C=O) groups excluding carboxylic acids is 1. The maximum atomic E-state index is 11.2. The first-order chi connectivity index (χ1) is 4.99. The van der Waals surface area contributed by atoms with Crippen molar-refractivity contribution in [2.45, 2.75) is 45.6 Å².